The molecule has 3 aromatic heterocycles. The van der Waals surface area contributed by atoms with Crippen LogP contribution in [0.2, 0.25) is 0 Å². The van der Waals surface area contributed by atoms with E-state index in [2.05, 4.69) is 36.9 Å². The number of hydrazine groups is 2. The Hall–Kier alpha value is -2.52. The number of rotatable bonds is 1. The summed E-state index contributed by atoms with van der Waals surface area (Å²) < 4.78 is 15.8. The predicted molar refractivity (Wildman–Crippen MR) is 102 cm³/mol. The molecule has 2 aliphatic heterocycles. The zero-order chi connectivity index (χ0) is 17.8. The van der Waals surface area contributed by atoms with E-state index in [9.17, 15) is 4.39 Å². The molecule has 26 heavy (non-hydrogen) atoms. The first-order valence-electron chi connectivity index (χ1n) is 8.27. The summed E-state index contributed by atoms with van der Waals surface area (Å²) in [6.45, 7) is 0.747. The number of fused-ring (bicyclic) bond motifs is 4. The summed E-state index contributed by atoms with van der Waals surface area (Å²) in [5, 5.41) is 2.95. The van der Waals surface area contributed by atoms with Crippen molar-refractivity contribution >= 4 is 49.7 Å². The molecule has 3 aromatic rings. The third kappa shape index (κ3) is 2.17. The standard InChI is InChI=1S/C17H15BrFN7/c1-25-15-10-5-20-7-12(19)14(10)17(22-16(15)23-24-25)26-4-2-3-9-11(18)6-21-8-13(9)26/h5-8,24H,2-4H2,1H3,(H,22,23). The van der Waals surface area contributed by atoms with Crippen molar-refractivity contribution in [1.29, 1.82) is 0 Å². The molecule has 5 heterocycles. The molecule has 0 saturated heterocycles. The molecule has 0 unspecified atom stereocenters. The van der Waals surface area contributed by atoms with Crippen LogP contribution in [-0.4, -0.2) is 28.5 Å². The van der Waals surface area contributed by atoms with Gasteiger partial charge >= 0.3 is 0 Å². The van der Waals surface area contributed by atoms with Crippen LogP contribution in [0.15, 0.2) is 29.3 Å². The zero-order valence-electron chi connectivity index (χ0n) is 13.9. The maximum atomic E-state index is 14.8. The molecule has 0 aliphatic carbocycles. The summed E-state index contributed by atoms with van der Waals surface area (Å²) >= 11 is 3.58. The van der Waals surface area contributed by atoms with Crippen LogP contribution in [0.25, 0.3) is 10.8 Å². The van der Waals surface area contributed by atoms with Crippen molar-refractivity contribution in [2.45, 2.75) is 12.8 Å². The minimum atomic E-state index is -0.386. The van der Waals surface area contributed by atoms with Crippen molar-refractivity contribution in [1.82, 2.24) is 20.5 Å². The van der Waals surface area contributed by atoms with Crippen LogP contribution < -0.4 is 20.9 Å². The Labute approximate surface area is 157 Å². The number of aromatic nitrogens is 3. The summed E-state index contributed by atoms with van der Waals surface area (Å²) in [6, 6.07) is 0. The van der Waals surface area contributed by atoms with Gasteiger partial charge in [-0.25, -0.2) is 9.37 Å². The fraction of sp³-hybridized carbons (Fsp3) is 0.235. The number of hydrogen-bond donors (Lipinski definition) is 2. The van der Waals surface area contributed by atoms with E-state index in [0.29, 0.717) is 22.4 Å². The molecule has 0 radical (unpaired) electrons. The lowest BCUT2D eigenvalue weighted by Crippen LogP contribution is -2.31. The molecule has 2 aliphatic rings. The highest BCUT2D eigenvalue weighted by molar-refractivity contribution is 9.10. The van der Waals surface area contributed by atoms with Gasteiger partial charge in [-0.15, -0.1) is 5.53 Å². The average Bonchev–Trinajstić information content (AvgIpc) is 3.02. The topological polar surface area (TPSA) is 69.2 Å². The Morgan fingerprint density at radius 3 is 2.92 bits per heavy atom. The van der Waals surface area contributed by atoms with Gasteiger partial charge in [-0.05, 0) is 34.3 Å². The molecule has 0 atom stereocenters. The van der Waals surface area contributed by atoms with E-state index < -0.39 is 0 Å². The molecule has 0 saturated carbocycles. The van der Waals surface area contributed by atoms with Gasteiger partial charge in [0.25, 0.3) is 0 Å². The highest BCUT2D eigenvalue weighted by Gasteiger charge is 2.29. The first-order valence-corrected chi connectivity index (χ1v) is 9.07. The van der Waals surface area contributed by atoms with Crippen molar-refractivity contribution in [2.75, 3.05) is 28.9 Å². The van der Waals surface area contributed by atoms with E-state index in [-0.39, 0.29) is 5.82 Å². The van der Waals surface area contributed by atoms with E-state index in [0.717, 1.165) is 35.2 Å². The molecule has 0 aromatic carbocycles. The Kier molecular flexibility index (Phi) is 3.47. The van der Waals surface area contributed by atoms with E-state index in [1.807, 2.05) is 18.1 Å². The van der Waals surface area contributed by atoms with Crippen molar-refractivity contribution in [3.05, 3.63) is 40.6 Å². The molecule has 5 rings (SSSR count). The Morgan fingerprint density at radius 1 is 1.19 bits per heavy atom. The summed E-state index contributed by atoms with van der Waals surface area (Å²) in [5.41, 5.74) is 8.92. The van der Waals surface area contributed by atoms with Crippen LogP contribution in [0.5, 0.6) is 0 Å². The van der Waals surface area contributed by atoms with E-state index in [4.69, 9.17) is 4.98 Å². The zero-order valence-corrected chi connectivity index (χ0v) is 15.5. The second-order valence-electron chi connectivity index (χ2n) is 6.35. The van der Waals surface area contributed by atoms with Gasteiger partial charge in [-0.2, -0.15) is 0 Å². The fourth-order valence-corrected chi connectivity index (χ4v) is 4.20. The number of hydrogen-bond acceptors (Lipinski definition) is 7. The van der Waals surface area contributed by atoms with E-state index in [1.165, 1.54) is 11.8 Å². The van der Waals surface area contributed by atoms with Crippen molar-refractivity contribution in [3.8, 4) is 0 Å². The smallest absolute Gasteiger partial charge is 0.169 e. The largest absolute Gasteiger partial charge is 0.324 e. The first-order chi connectivity index (χ1) is 12.6. The third-order valence-electron chi connectivity index (χ3n) is 4.83. The Balaban J connectivity index is 1.81. The minimum absolute atomic E-state index is 0.386. The molecular weight excluding hydrogens is 401 g/mol. The summed E-state index contributed by atoms with van der Waals surface area (Å²) in [6.07, 6.45) is 8.42. The molecule has 0 bridgehead atoms. The summed E-state index contributed by atoms with van der Waals surface area (Å²) in [4.78, 5) is 15.1. The minimum Gasteiger partial charge on any atom is -0.324 e. The fourth-order valence-electron chi connectivity index (χ4n) is 3.68. The van der Waals surface area contributed by atoms with Crippen LogP contribution in [0.4, 0.5) is 27.4 Å². The van der Waals surface area contributed by atoms with Crippen LogP contribution >= 0.6 is 15.9 Å². The highest BCUT2D eigenvalue weighted by Crippen LogP contribution is 2.44. The highest BCUT2D eigenvalue weighted by atomic mass is 79.9. The predicted octanol–water partition coefficient (Wildman–Crippen LogP) is 3.29. The van der Waals surface area contributed by atoms with E-state index >= 15 is 0 Å². The molecule has 0 fully saturated rings. The SMILES string of the molecule is CN1NNc2nc(N3CCCc4c(Br)cncc43)c3c(F)cncc3c21. The molecule has 0 spiro atoms. The number of nitrogens with one attached hydrogen (secondary N) is 2. The van der Waals surface area contributed by atoms with Gasteiger partial charge < -0.3 is 4.90 Å². The van der Waals surface area contributed by atoms with Gasteiger partial charge in [-0.3, -0.25) is 20.4 Å². The Bertz CT molecular complexity index is 1040. The van der Waals surface area contributed by atoms with Gasteiger partial charge in [-0.1, -0.05) is 0 Å². The van der Waals surface area contributed by atoms with Gasteiger partial charge in [0.05, 0.1) is 23.5 Å². The number of nitrogens with zero attached hydrogens (tertiary/aromatic N) is 5. The number of halogens is 2. The average molecular weight is 416 g/mol. The Morgan fingerprint density at radius 2 is 2.04 bits per heavy atom. The van der Waals surface area contributed by atoms with Crippen LogP contribution in [-0.2, 0) is 6.42 Å². The molecule has 2 N–H and O–H groups in total. The van der Waals surface area contributed by atoms with Crippen molar-refractivity contribution < 1.29 is 4.39 Å². The summed E-state index contributed by atoms with van der Waals surface area (Å²) in [5.74, 6) is 0.838. The van der Waals surface area contributed by atoms with Crippen LogP contribution in [0, 0.1) is 5.82 Å². The summed E-state index contributed by atoms with van der Waals surface area (Å²) in [7, 11) is 1.85. The van der Waals surface area contributed by atoms with Gasteiger partial charge in [0.1, 0.15) is 11.5 Å². The molecule has 0 amide bonds. The first kappa shape index (κ1) is 15.7. The number of pyridine rings is 3. The van der Waals surface area contributed by atoms with Gasteiger partial charge in [0.2, 0.25) is 0 Å². The number of anilines is 4. The lowest BCUT2D eigenvalue weighted by Gasteiger charge is -2.31. The lowest BCUT2D eigenvalue weighted by molar-refractivity contribution is 0.633. The van der Waals surface area contributed by atoms with Crippen molar-refractivity contribution in [2.24, 2.45) is 0 Å². The van der Waals surface area contributed by atoms with Gasteiger partial charge in [0.15, 0.2) is 11.6 Å². The second kappa shape index (κ2) is 5.75. The van der Waals surface area contributed by atoms with Crippen LogP contribution in [0.3, 0.4) is 0 Å². The van der Waals surface area contributed by atoms with Gasteiger partial charge in [0, 0.05) is 35.8 Å². The molecule has 9 heteroatoms. The normalized spacial score (nSPS) is 15.8. The maximum Gasteiger partial charge on any atom is 0.169 e. The quantitative estimate of drug-likeness (QED) is 0.631. The third-order valence-corrected chi connectivity index (χ3v) is 5.52. The molecule has 7 nitrogen and oxygen atoms in total. The lowest BCUT2D eigenvalue weighted by atomic mass is 10.0. The van der Waals surface area contributed by atoms with E-state index in [1.54, 1.807) is 17.4 Å². The monoisotopic (exact) mass is 415 g/mol. The molecular formula is C17H15BrFN7. The molecule has 132 valence electrons. The van der Waals surface area contributed by atoms with Crippen molar-refractivity contribution in [3.63, 3.8) is 0 Å². The van der Waals surface area contributed by atoms with Crippen LogP contribution in [0.1, 0.15) is 12.0 Å². The maximum absolute atomic E-state index is 14.8. The second-order valence-corrected chi connectivity index (χ2v) is 7.20.